The molecule has 1 fully saturated rings. The Morgan fingerprint density at radius 3 is 2.31 bits per heavy atom. The lowest BCUT2D eigenvalue weighted by Gasteiger charge is -2.26. The number of carbonyl (C=O) groups excluding carboxylic acids is 3. The minimum atomic E-state index is -1.11. The first-order valence-corrected chi connectivity index (χ1v) is 19.2. The van der Waals surface area contributed by atoms with Gasteiger partial charge in [0.25, 0.3) is 11.8 Å². The maximum Gasteiger partial charge on any atom is 0.335 e. The predicted octanol–water partition coefficient (Wildman–Crippen LogP) is 4.04. The summed E-state index contributed by atoms with van der Waals surface area (Å²) in [5.41, 5.74) is 9.30. The number of hydrogen-bond acceptors (Lipinski definition) is 12. The summed E-state index contributed by atoms with van der Waals surface area (Å²) in [5, 5.41) is 19.8. The number of carboxylic acids is 1. The number of carbonyl (C=O) groups is 4. The lowest BCUT2D eigenvalue weighted by Crippen LogP contribution is -2.38. The molecule has 0 atom stereocenters. The number of ether oxygens (including phenoxy) is 2. The summed E-state index contributed by atoms with van der Waals surface area (Å²) in [6, 6.07) is 9.35. The molecule has 1 saturated heterocycles. The molecular formula is C40H45N11O8. The van der Waals surface area contributed by atoms with Crippen LogP contribution in [0.4, 0.5) is 11.9 Å². The third-order valence-electron chi connectivity index (χ3n) is 9.83. The highest BCUT2D eigenvalue weighted by molar-refractivity contribution is 6.05. The number of nitrogens with zero attached hydrogens (tertiary/aromatic N) is 8. The number of fused-ring (bicyclic) bond motifs is 2. The molecule has 7 rings (SSSR count). The number of hydrogen-bond donors (Lipinski definition) is 4. The first kappa shape index (κ1) is 40.3. The van der Waals surface area contributed by atoms with Crippen LogP contribution in [-0.2, 0) is 30.8 Å². The molecule has 19 nitrogen and oxygen atoms in total. The van der Waals surface area contributed by atoms with E-state index >= 15 is 0 Å². The standard InChI is InChI=1S/C40H45N11O8/c1-5-27-34(59-24(4)42-27)37(54)46-40-44-29-21-26(35(41)52)22-32(58-18-15-48-13-16-57-17-14-48)33(29)50(40)12-8-7-11-49-30-10-9-25(38(55)56)20-28(30)43-39(49)45-36(53)31-19-23(3)47-51(31)6-2/h7-10,19-22H,5-6,11-18H2,1-4H3,(H2,41,52)(H,55,56)(H,43,45,53)(H,44,46,54)/b8-7+. The number of morpholine rings is 1. The number of oxazole rings is 1. The average molecular weight is 808 g/mol. The van der Waals surface area contributed by atoms with Crippen LogP contribution in [0.5, 0.6) is 5.75 Å². The topological polar surface area (TPSA) is 240 Å². The fourth-order valence-corrected chi connectivity index (χ4v) is 6.95. The molecule has 5 N–H and O–H groups in total. The van der Waals surface area contributed by atoms with Crippen molar-refractivity contribution in [3.8, 4) is 5.75 Å². The molecule has 0 unspecified atom stereocenters. The summed E-state index contributed by atoms with van der Waals surface area (Å²) in [4.78, 5) is 67.3. The van der Waals surface area contributed by atoms with Gasteiger partial charge in [-0.25, -0.2) is 19.7 Å². The van der Waals surface area contributed by atoms with Gasteiger partial charge >= 0.3 is 5.97 Å². The van der Waals surface area contributed by atoms with Gasteiger partial charge in [-0.05, 0) is 56.7 Å². The molecule has 6 aromatic rings. The number of carboxylic acid groups (broad SMARTS) is 1. The number of aromatic nitrogens is 7. The second-order valence-electron chi connectivity index (χ2n) is 13.8. The number of primary amides is 1. The van der Waals surface area contributed by atoms with E-state index < -0.39 is 23.7 Å². The Hall–Kier alpha value is -6.86. The summed E-state index contributed by atoms with van der Waals surface area (Å²) in [5.74, 6) is -1.67. The Kier molecular flexibility index (Phi) is 11.8. The fraction of sp³-hybridized carbons (Fsp3) is 0.350. The van der Waals surface area contributed by atoms with E-state index in [9.17, 15) is 24.3 Å². The monoisotopic (exact) mass is 807 g/mol. The van der Waals surface area contributed by atoms with Crippen molar-refractivity contribution >= 4 is 57.7 Å². The molecule has 19 heteroatoms. The first-order valence-electron chi connectivity index (χ1n) is 19.2. The molecule has 5 heterocycles. The van der Waals surface area contributed by atoms with Gasteiger partial charge in [-0.1, -0.05) is 19.1 Å². The Morgan fingerprint density at radius 1 is 0.898 bits per heavy atom. The van der Waals surface area contributed by atoms with Gasteiger partial charge in [0.2, 0.25) is 23.6 Å². The average Bonchev–Trinajstić information content (AvgIpc) is 3.98. The van der Waals surface area contributed by atoms with Crippen molar-refractivity contribution in [3.63, 3.8) is 0 Å². The maximum atomic E-state index is 13.7. The molecular weight excluding hydrogens is 763 g/mol. The molecule has 0 radical (unpaired) electrons. The highest BCUT2D eigenvalue weighted by Gasteiger charge is 2.24. The second-order valence-corrected chi connectivity index (χ2v) is 13.8. The lowest BCUT2D eigenvalue weighted by atomic mass is 10.1. The van der Waals surface area contributed by atoms with Gasteiger partial charge in [-0.15, -0.1) is 0 Å². The smallest absolute Gasteiger partial charge is 0.335 e. The van der Waals surface area contributed by atoms with Crippen molar-refractivity contribution < 1.29 is 38.2 Å². The summed E-state index contributed by atoms with van der Waals surface area (Å²) < 4.78 is 22.6. The Labute approximate surface area is 337 Å². The number of nitrogens with one attached hydrogen (secondary N) is 2. The van der Waals surface area contributed by atoms with Crippen LogP contribution in [0.15, 0.2) is 53.0 Å². The number of amides is 3. The van der Waals surface area contributed by atoms with Crippen LogP contribution in [0, 0.1) is 13.8 Å². The number of anilines is 2. The predicted molar refractivity (Wildman–Crippen MR) is 216 cm³/mol. The van der Waals surface area contributed by atoms with Crippen molar-refractivity contribution in [2.24, 2.45) is 5.73 Å². The second kappa shape index (κ2) is 17.3. The molecule has 2 aromatic carbocycles. The number of allylic oxidation sites excluding steroid dienone is 2. The van der Waals surface area contributed by atoms with Gasteiger partial charge in [0.05, 0.1) is 46.7 Å². The minimum Gasteiger partial charge on any atom is -0.490 e. The van der Waals surface area contributed by atoms with E-state index in [-0.39, 0.29) is 41.9 Å². The summed E-state index contributed by atoms with van der Waals surface area (Å²) in [7, 11) is 0. The van der Waals surface area contributed by atoms with Gasteiger partial charge in [0, 0.05) is 51.8 Å². The van der Waals surface area contributed by atoms with E-state index in [1.807, 2.05) is 26.0 Å². The molecule has 1 aliphatic rings. The van der Waals surface area contributed by atoms with Gasteiger partial charge in [0.15, 0.2) is 5.89 Å². The van der Waals surface area contributed by atoms with Crippen LogP contribution in [0.1, 0.15) is 72.9 Å². The SMILES string of the molecule is CCc1nc(C)oc1C(=O)Nc1nc2cc(C(N)=O)cc(OCCN3CCOCC3)c2n1C/C=C/Cn1c(NC(=O)c2cc(C)nn2CC)nc2cc(C(=O)O)ccc21. The molecule has 0 spiro atoms. The van der Waals surface area contributed by atoms with Crippen LogP contribution >= 0.6 is 0 Å². The number of aromatic carboxylic acids is 1. The summed E-state index contributed by atoms with van der Waals surface area (Å²) in [6.45, 7) is 11.7. The van der Waals surface area contributed by atoms with Crippen molar-refractivity contribution in [1.29, 1.82) is 0 Å². The molecule has 1 aliphatic heterocycles. The highest BCUT2D eigenvalue weighted by atomic mass is 16.5. The highest BCUT2D eigenvalue weighted by Crippen LogP contribution is 2.32. The molecule has 3 amide bonds. The number of rotatable bonds is 16. The third kappa shape index (κ3) is 8.70. The van der Waals surface area contributed by atoms with Crippen molar-refractivity contribution in [2.75, 3.05) is 50.1 Å². The lowest BCUT2D eigenvalue weighted by molar-refractivity contribution is 0.0323. The summed E-state index contributed by atoms with van der Waals surface area (Å²) >= 11 is 0. The van der Waals surface area contributed by atoms with Gasteiger partial charge < -0.3 is 33.9 Å². The van der Waals surface area contributed by atoms with Crippen molar-refractivity contribution in [2.45, 2.75) is 53.8 Å². The number of imidazole rings is 2. The van der Waals surface area contributed by atoms with Crippen LogP contribution < -0.4 is 21.1 Å². The minimum absolute atomic E-state index is 0.0471. The van der Waals surface area contributed by atoms with Gasteiger partial charge in [-0.2, -0.15) is 5.10 Å². The number of nitrogens with two attached hydrogens (primary N) is 1. The van der Waals surface area contributed by atoms with Crippen LogP contribution in [0.25, 0.3) is 22.1 Å². The molecule has 59 heavy (non-hydrogen) atoms. The molecule has 0 saturated carbocycles. The number of benzene rings is 2. The normalized spacial score (nSPS) is 13.4. The van der Waals surface area contributed by atoms with E-state index in [4.69, 9.17) is 24.6 Å². The Morgan fingerprint density at radius 2 is 1.59 bits per heavy atom. The maximum absolute atomic E-state index is 13.7. The van der Waals surface area contributed by atoms with Crippen molar-refractivity contribution in [3.05, 3.63) is 88.4 Å². The van der Waals surface area contributed by atoms with E-state index in [0.29, 0.717) is 90.1 Å². The zero-order valence-electron chi connectivity index (χ0n) is 33.1. The number of aryl methyl sites for hydroxylation is 4. The largest absolute Gasteiger partial charge is 0.490 e. The molecule has 0 aliphatic carbocycles. The van der Waals surface area contributed by atoms with E-state index in [1.54, 1.807) is 51.9 Å². The fourth-order valence-electron chi connectivity index (χ4n) is 6.95. The first-order chi connectivity index (χ1) is 28.4. The molecule has 0 bridgehead atoms. The van der Waals surface area contributed by atoms with Gasteiger partial charge in [0.1, 0.15) is 23.6 Å². The molecule has 308 valence electrons. The zero-order chi connectivity index (χ0) is 41.8. The van der Waals surface area contributed by atoms with E-state index in [0.717, 1.165) is 13.1 Å². The van der Waals surface area contributed by atoms with E-state index in [2.05, 4.69) is 30.6 Å². The van der Waals surface area contributed by atoms with Crippen LogP contribution in [-0.4, -0.2) is 107 Å². The Bertz CT molecular complexity index is 2590. The zero-order valence-corrected chi connectivity index (χ0v) is 33.1. The summed E-state index contributed by atoms with van der Waals surface area (Å²) in [6.07, 6.45) is 4.14. The van der Waals surface area contributed by atoms with Gasteiger partial charge in [-0.3, -0.25) is 34.6 Å². The van der Waals surface area contributed by atoms with Crippen LogP contribution in [0.2, 0.25) is 0 Å². The van der Waals surface area contributed by atoms with Crippen LogP contribution in [0.3, 0.4) is 0 Å². The third-order valence-corrected chi connectivity index (χ3v) is 9.83. The quantitative estimate of drug-likeness (QED) is 0.101. The molecule has 4 aromatic heterocycles. The van der Waals surface area contributed by atoms with Crippen molar-refractivity contribution in [1.82, 2.24) is 38.8 Å². The van der Waals surface area contributed by atoms with E-state index in [1.165, 1.54) is 12.1 Å². The Balaban J connectivity index is 1.24.